The summed E-state index contributed by atoms with van der Waals surface area (Å²) in [6.45, 7) is 0. The Morgan fingerprint density at radius 2 is 0.619 bits per heavy atom. The molecule has 0 saturated heterocycles. The average molecular weight is 801 g/mol. The van der Waals surface area contributed by atoms with Crippen molar-refractivity contribution in [3.05, 3.63) is 242 Å². The van der Waals surface area contributed by atoms with Crippen LogP contribution in [0.2, 0.25) is 0 Å². The highest BCUT2D eigenvalue weighted by Crippen LogP contribution is 2.43. The molecule has 2 heterocycles. The summed E-state index contributed by atoms with van der Waals surface area (Å²) in [5, 5.41) is 5.17. The molecule has 294 valence electrons. The lowest BCUT2D eigenvalue weighted by molar-refractivity contribution is 1.10. The number of nitrogens with zero attached hydrogens (tertiary/aromatic N) is 2. The maximum Gasteiger partial charge on any atom is 0.0546 e. The van der Waals surface area contributed by atoms with Crippen LogP contribution in [-0.2, 0) is 6.42 Å². The minimum absolute atomic E-state index is 1.05. The van der Waals surface area contributed by atoms with Gasteiger partial charge >= 0.3 is 0 Å². The Morgan fingerprint density at radius 3 is 1.13 bits per heavy atom. The van der Waals surface area contributed by atoms with Crippen molar-refractivity contribution in [2.45, 2.75) is 6.42 Å². The number of rotatable bonds is 7. The molecule has 0 saturated carbocycles. The van der Waals surface area contributed by atoms with E-state index < -0.39 is 0 Å². The van der Waals surface area contributed by atoms with Crippen molar-refractivity contribution in [3.63, 3.8) is 0 Å². The van der Waals surface area contributed by atoms with Crippen LogP contribution in [0.4, 0.5) is 0 Å². The van der Waals surface area contributed by atoms with Gasteiger partial charge in [-0.15, -0.1) is 0 Å². The van der Waals surface area contributed by atoms with Gasteiger partial charge < -0.3 is 9.13 Å². The van der Waals surface area contributed by atoms with Crippen molar-refractivity contribution in [1.82, 2.24) is 9.13 Å². The monoisotopic (exact) mass is 800 g/mol. The molecule has 2 nitrogen and oxygen atoms in total. The van der Waals surface area contributed by atoms with Gasteiger partial charge in [0, 0.05) is 32.9 Å². The van der Waals surface area contributed by atoms with Gasteiger partial charge in [0.2, 0.25) is 0 Å². The second-order valence-electron chi connectivity index (χ2n) is 17.0. The first-order valence-corrected chi connectivity index (χ1v) is 21.9. The standard InChI is InChI=1S/C61H40N2/c1-5-13-41(14-6-1)45-23-28-57-54(37-45)55-38-46(47-25-30-59-56(39-47)61-51-31-40(32-51)33-60(61)63(59)52-19-11-4-12-20-52)24-29-58(55)62(57)53-26-21-44(22-27-53)50-35-48(42-15-7-2-8-16-42)34-49(36-50)43-17-9-3-10-18-43/h1-31,33-39H,32H2. The SMILES string of the molecule is c1ccc(-c2cc(-c3ccccc3)cc(-c3ccc(-n4c5ccc(-c6ccccc6)cc5c5cc(-c6ccc7c(c6)c6c8cc(cc6n7-c6ccccc6)C8)ccc54)cc3)c2)cc1. The fourth-order valence-electron chi connectivity index (χ4n) is 10.1. The lowest BCUT2D eigenvalue weighted by Crippen LogP contribution is -2.02. The predicted molar refractivity (Wildman–Crippen MR) is 265 cm³/mol. The highest BCUT2D eigenvalue weighted by molar-refractivity contribution is 6.15. The van der Waals surface area contributed by atoms with Gasteiger partial charge in [0.05, 0.1) is 22.1 Å². The molecule has 14 rings (SSSR count). The summed E-state index contributed by atoms with van der Waals surface area (Å²) < 4.78 is 4.88. The number of aromatic nitrogens is 2. The Kier molecular flexibility index (Phi) is 8.01. The Hall–Kier alpha value is -8.20. The van der Waals surface area contributed by atoms with Crippen LogP contribution in [0, 0.1) is 0 Å². The van der Waals surface area contributed by atoms with Gasteiger partial charge in [0.1, 0.15) is 0 Å². The number of para-hydroxylation sites is 1. The van der Waals surface area contributed by atoms with Crippen molar-refractivity contribution < 1.29 is 0 Å². The molecule has 0 aliphatic heterocycles. The number of hydrogen-bond acceptors (Lipinski definition) is 0. The summed E-state index contributed by atoms with van der Waals surface area (Å²) in [7, 11) is 0. The van der Waals surface area contributed by atoms with Crippen molar-refractivity contribution >= 4 is 43.6 Å². The smallest absolute Gasteiger partial charge is 0.0546 e. The Bertz CT molecular complexity index is 3650. The lowest BCUT2D eigenvalue weighted by atomic mass is 9.88. The van der Waals surface area contributed by atoms with Crippen molar-refractivity contribution in [3.8, 4) is 67.0 Å². The van der Waals surface area contributed by atoms with Crippen LogP contribution < -0.4 is 0 Å². The number of fused-ring (bicyclic) bond motifs is 4. The third kappa shape index (κ3) is 5.87. The summed E-state index contributed by atoms with van der Waals surface area (Å²) in [4.78, 5) is 0. The third-order valence-corrected chi connectivity index (χ3v) is 13.2. The molecule has 12 aromatic rings. The number of benzene rings is 10. The zero-order chi connectivity index (χ0) is 41.4. The van der Waals surface area contributed by atoms with E-state index in [-0.39, 0.29) is 0 Å². The second-order valence-corrected chi connectivity index (χ2v) is 17.0. The zero-order valence-corrected chi connectivity index (χ0v) is 34.5. The van der Waals surface area contributed by atoms with E-state index in [1.165, 1.54) is 116 Å². The van der Waals surface area contributed by atoms with Gasteiger partial charge in [0.25, 0.3) is 0 Å². The molecule has 2 aromatic heterocycles. The molecule has 10 aromatic carbocycles. The van der Waals surface area contributed by atoms with Crippen LogP contribution in [-0.4, -0.2) is 9.13 Å². The normalized spacial score (nSPS) is 12.1. The highest BCUT2D eigenvalue weighted by Gasteiger charge is 2.22. The van der Waals surface area contributed by atoms with E-state index >= 15 is 0 Å². The van der Waals surface area contributed by atoms with Gasteiger partial charge in [-0.2, -0.15) is 0 Å². The molecule has 0 spiro atoms. The van der Waals surface area contributed by atoms with Gasteiger partial charge in [-0.25, -0.2) is 0 Å². The van der Waals surface area contributed by atoms with Crippen LogP contribution in [0.1, 0.15) is 11.1 Å². The minimum Gasteiger partial charge on any atom is -0.309 e. The van der Waals surface area contributed by atoms with Gasteiger partial charge in [-0.05, 0) is 158 Å². The van der Waals surface area contributed by atoms with E-state index in [0.29, 0.717) is 0 Å². The van der Waals surface area contributed by atoms with Gasteiger partial charge in [-0.1, -0.05) is 146 Å². The van der Waals surface area contributed by atoms with E-state index in [2.05, 4.69) is 240 Å². The van der Waals surface area contributed by atoms with Crippen LogP contribution in [0.5, 0.6) is 0 Å². The second kappa shape index (κ2) is 14.2. The topological polar surface area (TPSA) is 9.86 Å². The summed E-state index contributed by atoms with van der Waals surface area (Å²) in [5.41, 5.74) is 22.2. The first-order chi connectivity index (χ1) is 31.2. The first kappa shape index (κ1) is 35.5. The van der Waals surface area contributed by atoms with Crippen LogP contribution in [0.3, 0.4) is 0 Å². The zero-order valence-electron chi connectivity index (χ0n) is 34.5. The summed E-state index contributed by atoms with van der Waals surface area (Å²) >= 11 is 0. The maximum absolute atomic E-state index is 2.44. The van der Waals surface area contributed by atoms with E-state index in [4.69, 9.17) is 0 Å². The molecule has 2 bridgehead atoms. The minimum atomic E-state index is 1.05. The maximum atomic E-state index is 2.44. The van der Waals surface area contributed by atoms with E-state index in [9.17, 15) is 0 Å². The Morgan fingerprint density at radius 1 is 0.254 bits per heavy atom. The number of hydrogen-bond donors (Lipinski definition) is 0. The third-order valence-electron chi connectivity index (χ3n) is 13.2. The molecule has 0 atom stereocenters. The molecule has 0 radical (unpaired) electrons. The molecule has 0 unspecified atom stereocenters. The summed E-state index contributed by atoms with van der Waals surface area (Å²) in [6, 6.07) is 84.8. The summed E-state index contributed by atoms with van der Waals surface area (Å²) in [6.07, 6.45) is 1.05. The predicted octanol–water partition coefficient (Wildman–Crippen LogP) is 16.1. The molecule has 2 aliphatic carbocycles. The molecule has 0 fully saturated rings. The highest BCUT2D eigenvalue weighted by atomic mass is 15.0. The Labute approximate surface area is 366 Å². The molecule has 2 aliphatic rings. The van der Waals surface area contributed by atoms with Crippen LogP contribution in [0.25, 0.3) is 111 Å². The van der Waals surface area contributed by atoms with Gasteiger partial charge in [-0.3, -0.25) is 0 Å². The molecule has 0 N–H and O–H groups in total. The summed E-state index contributed by atoms with van der Waals surface area (Å²) in [5.74, 6) is 0. The van der Waals surface area contributed by atoms with E-state index in [0.717, 1.165) is 12.1 Å². The lowest BCUT2D eigenvalue weighted by Gasteiger charge is -2.17. The first-order valence-electron chi connectivity index (χ1n) is 21.9. The quantitative estimate of drug-likeness (QED) is 0.152. The van der Waals surface area contributed by atoms with E-state index in [1.807, 2.05) is 0 Å². The molecule has 63 heavy (non-hydrogen) atoms. The molecular formula is C61H40N2. The molecular weight excluding hydrogens is 761 g/mol. The largest absolute Gasteiger partial charge is 0.309 e. The Balaban J connectivity index is 0.958. The van der Waals surface area contributed by atoms with E-state index in [1.54, 1.807) is 0 Å². The fourth-order valence-corrected chi connectivity index (χ4v) is 10.1. The van der Waals surface area contributed by atoms with Crippen molar-refractivity contribution in [1.29, 1.82) is 0 Å². The van der Waals surface area contributed by atoms with Gasteiger partial charge in [0.15, 0.2) is 0 Å². The van der Waals surface area contributed by atoms with Crippen molar-refractivity contribution in [2.75, 3.05) is 0 Å². The van der Waals surface area contributed by atoms with Crippen LogP contribution >= 0.6 is 0 Å². The van der Waals surface area contributed by atoms with Crippen LogP contribution in [0.15, 0.2) is 231 Å². The fraction of sp³-hybridized carbons (Fsp3) is 0.0164. The van der Waals surface area contributed by atoms with Crippen molar-refractivity contribution in [2.24, 2.45) is 0 Å². The molecule has 2 heteroatoms. The molecule has 0 amide bonds. The average Bonchev–Trinajstić information content (AvgIpc) is 3.87.